The molecule has 0 fully saturated rings. The summed E-state index contributed by atoms with van der Waals surface area (Å²) < 4.78 is 27.9. The number of hydrogen-bond acceptors (Lipinski definition) is 14. The molecule has 0 aliphatic carbocycles. The van der Waals surface area contributed by atoms with Crippen molar-refractivity contribution in [3.05, 3.63) is 140 Å². The number of halogens is 1. The number of ether oxygens (including phenoxy) is 4. The van der Waals surface area contributed by atoms with Crippen LogP contribution in [-0.4, -0.2) is 77.4 Å². The molecule has 8 aromatic rings. The Labute approximate surface area is 390 Å². The number of nitrogens with one attached hydrogen (secondary N) is 1. The molecule has 0 saturated heterocycles. The van der Waals surface area contributed by atoms with Crippen molar-refractivity contribution in [2.75, 3.05) is 26.4 Å². The minimum absolute atomic E-state index is 0.0225. The maximum absolute atomic E-state index is 13.5. The fourth-order valence-corrected chi connectivity index (χ4v) is 8.33. The number of aromatic amines is 1. The Morgan fingerprint density at radius 1 is 0.677 bits per heavy atom. The first kappa shape index (κ1) is 48.0. The van der Waals surface area contributed by atoms with Crippen molar-refractivity contribution in [3.63, 3.8) is 0 Å². The van der Waals surface area contributed by atoms with Crippen LogP contribution >= 0.6 is 38.6 Å². The Hall–Kier alpha value is -6.44. The lowest BCUT2D eigenvalue weighted by molar-refractivity contribution is 0.0513. The van der Waals surface area contributed by atoms with Gasteiger partial charge in [0, 0.05) is 0 Å². The smallest absolute Gasteiger partial charge is 0.343 e. The number of rotatable bonds is 17. The molecular weight excluding hydrogens is 937 g/mol. The van der Waals surface area contributed by atoms with Crippen LogP contribution in [0.4, 0.5) is 0 Å². The summed E-state index contributed by atoms with van der Waals surface area (Å²) in [6, 6.07) is 23.1. The summed E-state index contributed by atoms with van der Waals surface area (Å²) in [7, 11) is 0. The zero-order valence-electron chi connectivity index (χ0n) is 36.4. The number of fused-ring (bicyclic) bond motifs is 2. The summed E-state index contributed by atoms with van der Waals surface area (Å²) in [5, 5.41) is 13.1. The van der Waals surface area contributed by atoms with Crippen molar-refractivity contribution in [1.82, 2.24) is 39.1 Å². The van der Waals surface area contributed by atoms with Crippen molar-refractivity contribution in [3.8, 4) is 22.9 Å². The number of alkyl halides is 1. The molecule has 0 radical (unpaired) electrons. The van der Waals surface area contributed by atoms with Crippen LogP contribution in [0.15, 0.2) is 106 Å². The summed E-state index contributed by atoms with van der Waals surface area (Å²) >= 11 is 6.05. The summed E-state index contributed by atoms with van der Waals surface area (Å²) in [4.78, 5) is 61.6. The van der Waals surface area contributed by atoms with E-state index in [1.807, 2.05) is 91.3 Å². The summed E-state index contributed by atoms with van der Waals surface area (Å²) in [5.74, 6) is 0.289. The second-order valence-electron chi connectivity index (χ2n) is 13.9. The predicted octanol–water partition coefficient (Wildman–Crippen LogP) is 9.16. The van der Waals surface area contributed by atoms with Gasteiger partial charge in [-0.3, -0.25) is 14.2 Å². The number of esters is 2. The van der Waals surface area contributed by atoms with Gasteiger partial charge in [0.05, 0.1) is 70.1 Å². The highest BCUT2D eigenvalue weighted by molar-refractivity contribution is 9.08. The molecule has 2 aromatic carbocycles. The van der Waals surface area contributed by atoms with Gasteiger partial charge in [0.15, 0.2) is 11.6 Å². The summed E-state index contributed by atoms with van der Waals surface area (Å²) in [6.07, 6.45) is 6.79. The Kier molecular flexibility index (Phi) is 17.7. The molecule has 8 rings (SSSR count). The summed E-state index contributed by atoms with van der Waals surface area (Å²) in [6.45, 7) is 8.90. The monoisotopic (exact) mass is 984 g/mol. The zero-order chi connectivity index (χ0) is 46.1. The Morgan fingerprint density at radius 2 is 1.20 bits per heavy atom. The lowest BCUT2D eigenvalue weighted by atomic mass is 10.2. The third kappa shape index (κ3) is 12.0. The number of hydrogen-bond donors (Lipinski definition) is 1. The van der Waals surface area contributed by atoms with Crippen molar-refractivity contribution in [2.24, 2.45) is 0 Å². The molecule has 6 heterocycles. The van der Waals surface area contributed by atoms with E-state index in [0.29, 0.717) is 44.8 Å². The predicted molar refractivity (Wildman–Crippen MR) is 256 cm³/mol. The van der Waals surface area contributed by atoms with Crippen molar-refractivity contribution in [2.45, 2.75) is 65.3 Å². The van der Waals surface area contributed by atoms with Crippen molar-refractivity contribution < 1.29 is 28.5 Å². The maximum Gasteiger partial charge on any atom is 0.343 e. The van der Waals surface area contributed by atoms with Gasteiger partial charge in [-0.1, -0.05) is 79.0 Å². The second kappa shape index (κ2) is 24.0. The molecule has 0 unspecified atom stereocenters. The van der Waals surface area contributed by atoms with Crippen molar-refractivity contribution in [1.29, 1.82) is 0 Å². The van der Waals surface area contributed by atoms with Crippen LogP contribution in [0.5, 0.6) is 11.5 Å². The Bertz CT molecular complexity index is 2910. The molecule has 6 aromatic heterocycles. The van der Waals surface area contributed by atoms with Crippen LogP contribution < -0.4 is 20.6 Å². The first-order valence-electron chi connectivity index (χ1n) is 21.1. The third-order valence-electron chi connectivity index (χ3n) is 9.39. The van der Waals surface area contributed by atoms with E-state index < -0.39 is 23.1 Å². The highest BCUT2D eigenvalue weighted by atomic mass is 79.9. The molecular formula is C46H49BrN8O8S2. The van der Waals surface area contributed by atoms with Gasteiger partial charge in [-0.25, -0.2) is 28.9 Å². The highest BCUT2D eigenvalue weighted by Crippen LogP contribution is 2.31. The average Bonchev–Trinajstić information content (AvgIpc) is 4.18. The third-order valence-corrected chi connectivity index (χ3v) is 11.7. The van der Waals surface area contributed by atoms with E-state index in [2.05, 4.69) is 41.1 Å². The molecule has 19 heteroatoms. The largest absolute Gasteiger partial charge is 0.487 e. The molecule has 0 spiro atoms. The number of aromatic nitrogens is 8. The first-order chi connectivity index (χ1) is 31.7. The number of benzene rings is 2. The molecule has 0 bridgehead atoms. The number of nitrogens with zero attached hydrogens (tertiary/aromatic N) is 7. The normalized spacial score (nSPS) is 10.8. The van der Waals surface area contributed by atoms with E-state index in [4.69, 9.17) is 18.9 Å². The van der Waals surface area contributed by atoms with Crippen LogP contribution in [0.2, 0.25) is 0 Å². The molecule has 1 N–H and O–H groups in total. The lowest BCUT2D eigenvalue weighted by Crippen LogP contribution is -2.26. The highest BCUT2D eigenvalue weighted by Gasteiger charge is 2.26. The van der Waals surface area contributed by atoms with Crippen LogP contribution in [-0.2, 0) is 21.3 Å². The van der Waals surface area contributed by atoms with E-state index >= 15 is 0 Å². The van der Waals surface area contributed by atoms with Crippen LogP contribution in [0.3, 0.4) is 0 Å². The number of thiophene rings is 2. The van der Waals surface area contributed by atoms with Gasteiger partial charge in [-0.15, -0.1) is 27.8 Å². The standard InChI is InChI=1S/C23H24N4O4S.C14H17NO4S.C9H8BrN3/c1-3-5-12-31-20-19(23(29)30-4-2)21-17(11-13-32-21)26(22(20)28)14-18-24-15-27(25-18)16-9-7-6-8-10-16;1-3-5-7-19-11-10(14(17)18-4-2)12-9(6-8-20-12)15-13(11)16;10-6-9-11-7-13(12-9)8-4-2-1-3-5-8/h6-11,13,15H,3-5,12,14H2,1-2H3;6,8H,3-5,7H2,1-2H3,(H,15,16);1-5,7H,6H2. The van der Waals surface area contributed by atoms with E-state index in [1.165, 1.54) is 22.7 Å². The number of unbranched alkanes of at least 4 members (excludes halogenated alkanes) is 2. The molecule has 0 atom stereocenters. The van der Waals surface area contributed by atoms with Gasteiger partial charge >= 0.3 is 11.9 Å². The van der Waals surface area contributed by atoms with E-state index in [0.717, 1.165) is 42.9 Å². The first-order valence-corrected chi connectivity index (χ1v) is 24.0. The van der Waals surface area contributed by atoms with Gasteiger partial charge in [-0.05, 0) is 73.8 Å². The van der Waals surface area contributed by atoms with Crippen LogP contribution in [0.25, 0.3) is 31.8 Å². The number of H-pyrrole nitrogens is 1. The maximum atomic E-state index is 13.5. The fourth-order valence-electron chi connectivity index (χ4n) is 6.26. The summed E-state index contributed by atoms with van der Waals surface area (Å²) in [5.41, 5.74) is 2.80. The molecule has 65 heavy (non-hydrogen) atoms. The minimum Gasteiger partial charge on any atom is -0.487 e. The number of carbonyl (C=O) groups is 2. The van der Waals surface area contributed by atoms with Gasteiger partial charge < -0.3 is 23.9 Å². The average molecular weight is 986 g/mol. The molecule has 16 nitrogen and oxygen atoms in total. The molecule has 0 saturated carbocycles. The van der Waals surface area contributed by atoms with Gasteiger partial charge in [0.1, 0.15) is 23.8 Å². The van der Waals surface area contributed by atoms with Gasteiger partial charge in [0.25, 0.3) is 11.1 Å². The zero-order valence-corrected chi connectivity index (χ0v) is 39.6. The SMILES string of the molecule is BrCc1ncn(-c2ccccc2)n1.CCCCOc1c(C(=O)OCC)c2sccc2[nH]c1=O.CCCCOc1c(C(=O)OCC)c2sccc2n(Cc2ncn(-c3ccccc3)n2)c1=O. The fraction of sp³-hybridized carbons (Fsp3) is 0.304. The topological polar surface area (TPSA) is 187 Å². The molecule has 0 aliphatic heterocycles. The number of para-hydroxylation sites is 2. The quantitative estimate of drug-likeness (QED) is 0.0519. The Morgan fingerprint density at radius 3 is 1.75 bits per heavy atom. The van der Waals surface area contributed by atoms with Crippen LogP contribution in [0, 0.1) is 0 Å². The van der Waals surface area contributed by atoms with E-state index in [1.54, 1.807) is 46.5 Å². The molecule has 0 aliphatic rings. The molecule has 340 valence electrons. The van der Waals surface area contributed by atoms with Crippen LogP contribution in [0.1, 0.15) is 85.7 Å². The Balaban J connectivity index is 0.000000180. The number of carbonyl (C=O) groups excluding carboxylic acids is 2. The minimum atomic E-state index is -0.554. The van der Waals surface area contributed by atoms with E-state index in [9.17, 15) is 19.2 Å². The molecule has 0 amide bonds. The van der Waals surface area contributed by atoms with Crippen molar-refractivity contribution >= 4 is 71.0 Å². The van der Waals surface area contributed by atoms with Gasteiger partial charge in [0.2, 0.25) is 11.5 Å². The van der Waals surface area contributed by atoms with E-state index in [-0.39, 0.29) is 42.4 Å². The number of pyridine rings is 2. The lowest BCUT2D eigenvalue weighted by Gasteiger charge is -2.15. The van der Waals surface area contributed by atoms with Gasteiger partial charge in [-0.2, -0.15) is 5.10 Å². The second-order valence-corrected chi connectivity index (χ2v) is 16.3.